The lowest BCUT2D eigenvalue weighted by molar-refractivity contribution is 0.102. The van der Waals surface area contributed by atoms with E-state index in [4.69, 9.17) is 5.73 Å². The first-order valence-electron chi connectivity index (χ1n) is 12.7. The number of hydrogen-bond acceptors (Lipinski definition) is 6. The Morgan fingerprint density at radius 3 is 2.44 bits per heavy atom. The normalized spacial score (nSPS) is 11.3. The Hall–Kier alpha value is -5.30. The maximum atomic E-state index is 15.3. The lowest BCUT2D eigenvalue weighted by atomic mass is 10.00. The van der Waals surface area contributed by atoms with Gasteiger partial charge in [0.1, 0.15) is 34.8 Å². The number of allylic oxidation sites excluding steroid dienone is 1. The number of nitriles is 1. The van der Waals surface area contributed by atoms with Crippen molar-refractivity contribution in [1.29, 1.82) is 5.26 Å². The molecule has 2 aromatic carbocycles. The van der Waals surface area contributed by atoms with Crippen LogP contribution in [0.2, 0.25) is 0 Å². The van der Waals surface area contributed by atoms with E-state index in [1.807, 2.05) is 13.0 Å². The molecule has 4 N–H and O–H groups in total. The summed E-state index contributed by atoms with van der Waals surface area (Å²) in [6.07, 6.45) is 4.68. The Morgan fingerprint density at radius 1 is 1.12 bits per heavy atom. The van der Waals surface area contributed by atoms with Crippen molar-refractivity contribution in [3.8, 4) is 28.3 Å². The number of nitrogens with two attached hydrogens (primary N) is 1. The van der Waals surface area contributed by atoms with E-state index in [9.17, 15) is 19.2 Å². The molecule has 2 aromatic heterocycles. The van der Waals surface area contributed by atoms with Crippen molar-refractivity contribution < 1.29 is 13.6 Å². The van der Waals surface area contributed by atoms with Crippen LogP contribution in [-0.4, -0.2) is 22.5 Å². The van der Waals surface area contributed by atoms with Gasteiger partial charge in [0.15, 0.2) is 0 Å². The zero-order valence-electron chi connectivity index (χ0n) is 22.9. The molecule has 10 heteroatoms. The van der Waals surface area contributed by atoms with Gasteiger partial charge in [-0.25, -0.2) is 13.8 Å². The topological polar surface area (TPSA) is 126 Å². The monoisotopic (exact) mass is 554 g/mol. The molecule has 0 unspecified atom stereocenters. The van der Waals surface area contributed by atoms with Crippen molar-refractivity contribution >= 4 is 23.0 Å². The third-order valence-electron chi connectivity index (χ3n) is 6.53. The lowest BCUT2D eigenvalue weighted by Gasteiger charge is -2.18. The summed E-state index contributed by atoms with van der Waals surface area (Å²) in [5, 5.41) is 15.4. The smallest absolute Gasteiger partial charge is 0.261 e. The number of rotatable bonds is 7. The van der Waals surface area contributed by atoms with E-state index in [1.165, 1.54) is 47.2 Å². The molecule has 8 nitrogen and oxygen atoms in total. The second kappa shape index (κ2) is 11.8. The van der Waals surface area contributed by atoms with Crippen molar-refractivity contribution in [1.82, 2.24) is 14.9 Å². The minimum absolute atomic E-state index is 0.0270. The molecule has 0 aliphatic heterocycles. The van der Waals surface area contributed by atoms with Crippen molar-refractivity contribution in [3.63, 3.8) is 0 Å². The molecule has 41 heavy (non-hydrogen) atoms. The molecule has 4 rings (SSSR count). The zero-order valence-corrected chi connectivity index (χ0v) is 22.9. The predicted molar refractivity (Wildman–Crippen MR) is 156 cm³/mol. The second-order valence-electron chi connectivity index (χ2n) is 9.64. The van der Waals surface area contributed by atoms with Gasteiger partial charge in [-0.15, -0.1) is 0 Å². The van der Waals surface area contributed by atoms with Crippen LogP contribution in [0.4, 0.5) is 20.3 Å². The highest BCUT2D eigenvalue weighted by Gasteiger charge is 2.23. The fourth-order valence-corrected chi connectivity index (χ4v) is 4.42. The van der Waals surface area contributed by atoms with Gasteiger partial charge in [0, 0.05) is 42.3 Å². The third-order valence-corrected chi connectivity index (χ3v) is 6.53. The van der Waals surface area contributed by atoms with Crippen molar-refractivity contribution in [2.45, 2.75) is 26.8 Å². The van der Waals surface area contributed by atoms with Gasteiger partial charge >= 0.3 is 0 Å². The molecular weight excluding hydrogens is 526 g/mol. The van der Waals surface area contributed by atoms with E-state index < -0.39 is 23.0 Å². The number of anilines is 2. The highest BCUT2D eigenvalue weighted by atomic mass is 19.1. The number of amides is 1. The van der Waals surface area contributed by atoms with Crippen LogP contribution in [0.25, 0.3) is 27.8 Å². The number of halogens is 2. The molecule has 0 aliphatic carbocycles. The molecule has 2 heterocycles. The Labute approximate surface area is 235 Å². The molecule has 0 fully saturated rings. The zero-order chi connectivity index (χ0) is 29.8. The summed E-state index contributed by atoms with van der Waals surface area (Å²) < 4.78 is 30.4. The molecular formula is C31H28F2N6O2. The number of nitrogen functional groups attached to an aromatic ring is 1. The Bertz CT molecular complexity index is 1770. The summed E-state index contributed by atoms with van der Waals surface area (Å²) in [5.74, 6) is -1.82. The van der Waals surface area contributed by atoms with Gasteiger partial charge in [0.25, 0.3) is 5.91 Å². The van der Waals surface area contributed by atoms with Crippen LogP contribution in [0.1, 0.15) is 48.4 Å². The Kier molecular flexibility index (Phi) is 8.29. The van der Waals surface area contributed by atoms with Crippen molar-refractivity contribution in [2.75, 3.05) is 18.1 Å². The number of carbonyl (C=O) groups excluding carboxylic acids is 1. The maximum absolute atomic E-state index is 15.3. The minimum atomic E-state index is -0.791. The summed E-state index contributed by atoms with van der Waals surface area (Å²) in [7, 11) is 1.77. The average molecular weight is 555 g/mol. The van der Waals surface area contributed by atoms with Crippen LogP contribution >= 0.6 is 0 Å². The SMILES string of the molecule is CN/C=C(\C)c1cnc(N)c(-c2ccc(NC(=O)c3cn(C(C)C)c(C#N)c(-c4ccc(F)cc4)c3=O)cc2F)c1. The van der Waals surface area contributed by atoms with Crippen molar-refractivity contribution in [3.05, 3.63) is 106 Å². The first-order chi connectivity index (χ1) is 19.5. The van der Waals surface area contributed by atoms with Crippen molar-refractivity contribution in [2.24, 2.45) is 0 Å². The van der Waals surface area contributed by atoms with Crippen LogP contribution in [0.3, 0.4) is 0 Å². The van der Waals surface area contributed by atoms with E-state index in [0.29, 0.717) is 11.1 Å². The van der Waals surface area contributed by atoms with Crippen LogP contribution < -0.4 is 21.8 Å². The first kappa shape index (κ1) is 28.7. The van der Waals surface area contributed by atoms with E-state index in [-0.39, 0.29) is 39.9 Å². The average Bonchev–Trinajstić information content (AvgIpc) is 2.93. The third kappa shape index (κ3) is 5.84. The molecule has 208 valence electrons. The van der Waals surface area contributed by atoms with Crippen LogP contribution in [0.15, 0.2) is 71.9 Å². The number of nitrogens with zero attached hydrogens (tertiary/aromatic N) is 3. The summed E-state index contributed by atoms with van der Waals surface area (Å²) >= 11 is 0. The van der Waals surface area contributed by atoms with Crippen LogP contribution in [0, 0.1) is 23.0 Å². The molecule has 0 atom stereocenters. The van der Waals surface area contributed by atoms with E-state index in [0.717, 1.165) is 17.2 Å². The summed E-state index contributed by atoms with van der Waals surface area (Å²) in [4.78, 5) is 31.0. The quantitative estimate of drug-likeness (QED) is 0.268. The Balaban J connectivity index is 1.73. The number of carbonyl (C=O) groups is 1. The molecule has 0 spiro atoms. The summed E-state index contributed by atoms with van der Waals surface area (Å²) in [6, 6.07) is 12.6. The number of aromatic nitrogens is 2. The van der Waals surface area contributed by atoms with Gasteiger partial charge in [-0.2, -0.15) is 5.26 Å². The Morgan fingerprint density at radius 2 is 1.83 bits per heavy atom. The number of hydrogen-bond donors (Lipinski definition) is 3. The molecule has 0 saturated heterocycles. The molecule has 0 radical (unpaired) electrons. The van der Waals surface area contributed by atoms with Gasteiger partial charge in [-0.3, -0.25) is 9.59 Å². The van der Waals surface area contributed by atoms with Crippen LogP contribution in [-0.2, 0) is 0 Å². The molecule has 0 saturated carbocycles. The van der Waals surface area contributed by atoms with Gasteiger partial charge in [-0.05, 0) is 80.1 Å². The van der Waals surface area contributed by atoms with Crippen LogP contribution in [0.5, 0.6) is 0 Å². The van der Waals surface area contributed by atoms with Gasteiger partial charge in [0.2, 0.25) is 5.43 Å². The maximum Gasteiger partial charge on any atom is 0.261 e. The van der Waals surface area contributed by atoms with Gasteiger partial charge in [0.05, 0.1) is 5.56 Å². The molecule has 1 amide bonds. The summed E-state index contributed by atoms with van der Waals surface area (Å²) in [5.41, 5.74) is 7.69. The minimum Gasteiger partial charge on any atom is -0.394 e. The molecule has 0 bridgehead atoms. The number of nitrogens with one attached hydrogen (secondary N) is 2. The lowest BCUT2D eigenvalue weighted by Crippen LogP contribution is -2.27. The second-order valence-corrected chi connectivity index (χ2v) is 9.64. The molecule has 0 aliphatic rings. The highest BCUT2D eigenvalue weighted by molar-refractivity contribution is 6.05. The fourth-order valence-electron chi connectivity index (χ4n) is 4.42. The highest BCUT2D eigenvalue weighted by Crippen LogP contribution is 2.31. The van der Waals surface area contributed by atoms with Gasteiger partial charge in [-0.1, -0.05) is 12.1 Å². The molecule has 4 aromatic rings. The number of pyridine rings is 2. The van der Waals surface area contributed by atoms with E-state index in [2.05, 4.69) is 15.6 Å². The summed E-state index contributed by atoms with van der Waals surface area (Å²) in [6.45, 7) is 5.46. The van der Waals surface area contributed by atoms with E-state index >= 15 is 4.39 Å². The predicted octanol–water partition coefficient (Wildman–Crippen LogP) is 5.72. The fraction of sp³-hybridized carbons (Fsp3) is 0.161. The first-order valence-corrected chi connectivity index (χ1v) is 12.7. The van der Waals surface area contributed by atoms with E-state index in [1.54, 1.807) is 39.4 Å². The largest absolute Gasteiger partial charge is 0.394 e. The number of benzene rings is 2. The standard InChI is InChI=1S/C31H28F2N6O2/c1-17(2)39-16-25(29(40)28(27(39)13-34)19-5-7-21(32)8-6-19)31(41)38-22-9-10-23(26(33)12-22)24-11-20(15-37-30(24)35)18(3)14-36-4/h5-12,14-17,36H,1-4H3,(H2,35,37)(H,38,41)/b18-14+. The van der Waals surface area contributed by atoms with Gasteiger partial charge < -0.3 is 20.9 Å².